The normalized spacial score (nSPS) is 22.7. The van der Waals surface area contributed by atoms with Gasteiger partial charge in [0.1, 0.15) is 0 Å². The summed E-state index contributed by atoms with van der Waals surface area (Å²) in [6, 6.07) is 0. The molecule has 4 nitrogen and oxygen atoms in total. The van der Waals surface area contributed by atoms with Crippen molar-refractivity contribution in [3.8, 4) is 0 Å². The highest BCUT2D eigenvalue weighted by atomic mass is 16.5. The molecule has 1 aliphatic rings. The molecule has 15 heavy (non-hydrogen) atoms. The van der Waals surface area contributed by atoms with Crippen molar-refractivity contribution in [1.82, 2.24) is 5.32 Å². The van der Waals surface area contributed by atoms with Crippen molar-refractivity contribution in [3.63, 3.8) is 0 Å². The first-order chi connectivity index (χ1) is 7.22. The average Bonchev–Trinajstić information content (AvgIpc) is 2.70. The molecule has 0 aromatic carbocycles. The summed E-state index contributed by atoms with van der Waals surface area (Å²) in [5.41, 5.74) is 5.45. The lowest BCUT2D eigenvalue weighted by Gasteiger charge is -2.11. The Morgan fingerprint density at radius 1 is 1.67 bits per heavy atom. The maximum absolute atomic E-state index is 11.4. The van der Waals surface area contributed by atoms with Crippen molar-refractivity contribution in [3.05, 3.63) is 0 Å². The number of hydrogen-bond donors (Lipinski definition) is 2. The van der Waals surface area contributed by atoms with Crippen molar-refractivity contribution in [2.24, 2.45) is 11.7 Å². The standard InChI is InChI=1S/C11H22N2O2/c1-9(8-12)7-11(14)13-5-4-10-3-2-6-15-10/h9-10H,2-8,12H2,1H3,(H,13,14). The van der Waals surface area contributed by atoms with E-state index >= 15 is 0 Å². The molecule has 0 aromatic rings. The Morgan fingerprint density at radius 3 is 3.07 bits per heavy atom. The number of hydrogen-bond acceptors (Lipinski definition) is 3. The predicted molar refractivity (Wildman–Crippen MR) is 59.4 cm³/mol. The van der Waals surface area contributed by atoms with Gasteiger partial charge in [0.05, 0.1) is 6.10 Å². The van der Waals surface area contributed by atoms with E-state index in [1.165, 1.54) is 0 Å². The average molecular weight is 214 g/mol. The van der Waals surface area contributed by atoms with Crippen LogP contribution in [0.1, 0.15) is 32.6 Å². The highest BCUT2D eigenvalue weighted by Gasteiger charge is 2.15. The molecule has 1 rings (SSSR count). The Bertz CT molecular complexity index is 191. The van der Waals surface area contributed by atoms with Crippen LogP contribution in [0.5, 0.6) is 0 Å². The predicted octanol–water partition coefficient (Wildman–Crippen LogP) is 0.657. The summed E-state index contributed by atoms with van der Waals surface area (Å²) in [6.45, 7) is 4.16. The molecule has 3 N–H and O–H groups in total. The number of ether oxygens (including phenoxy) is 1. The molecule has 1 fully saturated rings. The molecule has 0 aliphatic carbocycles. The molecule has 2 atom stereocenters. The third kappa shape index (κ3) is 5.14. The maximum atomic E-state index is 11.4. The fraction of sp³-hybridized carbons (Fsp3) is 0.909. The van der Waals surface area contributed by atoms with Crippen molar-refractivity contribution < 1.29 is 9.53 Å². The molecule has 4 heteroatoms. The van der Waals surface area contributed by atoms with E-state index in [9.17, 15) is 4.79 Å². The van der Waals surface area contributed by atoms with E-state index in [1.807, 2.05) is 6.92 Å². The van der Waals surface area contributed by atoms with Crippen LogP contribution in [0, 0.1) is 5.92 Å². The number of nitrogens with two attached hydrogens (primary N) is 1. The number of rotatable bonds is 6. The van der Waals surface area contributed by atoms with Crippen molar-refractivity contribution >= 4 is 5.91 Å². The highest BCUT2D eigenvalue weighted by Crippen LogP contribution is 2.14. The molecule has 0 bridgehead atoms. The summed E-state index contributed by atoms with van der Waals surface area (Å²) in [5, 5.41) is 2.90. The van der Waals surface area contributed by atoms with Crippen molar-refractivity contribution in [1.29, 1.82) is 0 Å². The van der Waals surface area contributed by atoms with Gasteiger partial charge in [0.2, 0.25) is 5.91 Å². The van der Waals surface area contributed by atoms with Gasteiger partial charge in [-0.2, -0.15) is 0 Å². The van der Waals surface area contributed by atoms with Crippen LogP contribution in [-0.2, 0) is 9.53 Å². The third-order valence-corrected chi connectivity index (χ3v) is 2.75. The summed E-state index contributed by atoms with van der Waals surface area (Å²) in [7, 11) is 0. The molecule has 1 saturated heterocycles. The lowest BCUT2D eigenvalue weighted by atomic mass is 10.1. The second-order valence-electron chi connectivity index (χ2n) is 4.32. The van der Waals surface area contributed by atoms with E-state index < -0.39 is 0 Å². The monoisotopic (exact) mass is 214 g/mol. The summed E-state index contributed by atoms with van der Waals surface area (Å²) >= 11 is 0. The van der Waals surface area contributed by atoms with Gasteiger partial charge in [-0.3, -0.25) is 4.79 Å². The quantitative estimate of drug-likeness (QED) is 0.682. The van der Waals surface area contributed by atoms with Crippen LogP contribution in [-0.4, -0.2) is 31.7 Å². The molecule has 88 valence electrons. The summed E-state index contributed by atoms with van der Waals surface area (Å²) < 4.78 is 5.47. The summed E-state index contributed by atoms with van der Waals surface area (Å²) in [5.74, 6) is 0.374. The first kappa shape index (κ1) is 12.5. The number of carbonyl (C=O) groups excluding carboxylic acids is 1. The van der Waals surface area contributed by atoms with Crippen molar-refractivity contribution in [2.75, 3.05) is 19.7 Å². The van der Waals surface area contributed by atoms with Gasteiger partial charge in [-0.1, -0.05) is 6.92 Å². The van der Waals surface area contributed by atoms with Gasteiger partial charge in [0.25, 0.3) is 0 Å². The Labute approximate surface area is 91.5 Å². The Kier molecular flexibility index (Phi) is 5.65. The van der Waals surface area contributed by atoms with E-state index in [4.69, 9.17) is 10.5 Å². The van der Waals surface area contributed by atoms with Crippen LogP contribution in [0.3, 0.4) is 0 Å². The van der Waals surface area contributed by atoms with Crippen LogP contribution in [0.25, 0.3) is 0 Å². The minimum absolute atomic E-state index is 0.103. The van der Waals surface area contributed by atoms with E-state index in [2.05, 4.69) is 5.32 Å². The van der Waals surface area contributed by atoms with Gasteiger partial charge in [-0.25, -0.2) is 0 Å². The minimum atomic E-state index is 0.103. The zero-order valence-electron chi connectivity index (χ0n) is 9.50. The Balaban J connectivity index is 2.01. The molecule has 0 spiro atoms. The Hall–Kier alpha value is -0.610. The number of amides is 1. The van der Waals surface area contributed by atoms with Gasteiger partial charge in [0.15, 0.2) is 0 Å². The van der Waals surface area contributed by atoms with Crippen LogP contribution < -0.4 is 11.1 Å². The van der Waals surface area contributed by atoms with Gasteiger partial charge in [0, 0.05) is 19.6 Å². The molecule has 2 unspecified atom stereocenters. The molecular weight excluding hydrogens is 192 g/mol. The van der Waals surface area contributed by atoms with Gasteiger partial charge >= 0.3 is 0 Å². The van der Waals surface area contributed by atoms with Crippen LogP contribution in [0.2, 0.25) is 0 Å². The van der Waals surface area contributed by atoms with E-state index in [0.29, 0.717) is 19.1 Å². The fourth-order valence-electron chi connectivity index (χ4n) is 1.72. The SMILES string of the molecule is CC(CN)CC(=O)NCCC1CCCO1. The van der Waals surface area contributed by atoms with Crippen LogP contribution in [0.15, 0.2) is 0 Å². The van der Waals surface area contributed by atoms with Crippen LogP contribution >= 0.6 is 0 Å². The molecule has 1 heterocycles. The van der Waals surface area contributed by atoms with Gasteiger partial charge in [-0.15, -0.1) is 0 Å². The second-order valence-corrected chi connectivity index (χ2v) is 4.32. The number of carbonyl (C=O) groups is 1. The first-order valence-corrected chi connectivity index (χ1v) is 5.80. The summed E-state index contributed by atoms with van der Waals surface area (Å²) in [6.07, 6.45) is 4.11. The highest BCUT2D eigenvalue weighted by molar-refractivity contribution is 5.76. The molecule has 0 radical (unpaired) electrons. The fourth-order valence-corrected chi connectivity index (χ4v) is 1.72. The van der Waals surface area contributed by atoms with Gasteiger partial charge < -0.3 is 15.8 Å². The van der Waals surface area contributed by atoms with E-state index in [-0.39, 0.29) is 11.8 Å². The maximum Gasteiger partial charge on any atom is 0.220 e. The molecule has 1 amide bonds. The lowest BCUT2D eigenvalue weighted by Crippen LogP contribution is -2.29. The summed E-state index contributed by atoms with van der Waals surface area (Å²) in [4.78, 5) is 11.4. The van der Waals surface area contributed by atoms with E-state index in [1.54, 1.807) is 0 Å². The first-order valence-electron chi connectivity index (χ1n) is 5.80. The molecular formula is C11H22N2O2. The minimum Gasteiger partial charge on any atom is -0.378 e. The zero-order chi connectivity index (χ0) is 11.1. The van der Waals surface area contributed by atoms with Crippen molar-refractivity contribution in [2.45, 2.75) is 38.7 Å². The second kappa shape index (κ2) is 6.80. The van der Waals surface area contributed by atoms with E-state index in [0.717, 1.165) is 32.4 Å². The topological polar surface area (TPSA) is 64.4 Å². The molecule has 1 aliphatic heterocycles. The molecule has 0 aromatic heterocycles. The van der Waals surface area contributed by atoms with Crippen LogP contribution in [0.4, 0.5) is 0 Å². The third-order valence-electron chi connectivity index (χ3n) is 2.75. The Morgan fingerprint density at radius 2 is 2.47 bits per heavy atom. The largest absolute Gasteiger partial charge is 0.378 e. The zero-order valence-corrected chi connectivity index (χ0v) is 9.50. The smallest absolute Gasteiger partial charge is 0.220 e. The lowest BCUT2D eigenvalue weighted by molar-refractivity contribution is -0.121. The van der Waals surface area contributed by atoms with Gasteiger partial charge in [-0.05, 0) is 31.7 Å². The molecule has 0 saturated carbocycles. The number of nitrogens with one attached hydrogen (secondary N) is 1.